The molecule has 0 spiro atoms. The van der Waals surface area contributed by atoms with E-state index < -0.39 is 0 Å². The first-order valence-corrected chi connectivity index (χ1v) is 7.89. The van der Waals surface area contributed by atoms with Gasteiger partial charge in [-0.25, -0.2) is 0 Å². The Labute approximate surface area is 145 Å². The molecule has 2 aromatic rings. The molecule has 1 aliphatic heterocycles. The smallest absolute Gasteiger partial charge is 0.269 e. The minimum Gasteiger partial charge on any atom is -0.495 e. The molecule has 0 aliphatic carbocycles. The van der Waals surface area contributed by atoms with Gasteiger partial charge in [-0.2, -0.15) is 0 Å². The number of ether oxygens (including phenoxy) is 2. The SMILES string of the molecule is COc1ccccc1NCC(=O)NNC(=O)c1ccc2c(c1)CCO2. The number of amides is 2. The van der Waals surface area contributed by atoms with Gasteiger partial charge in [-0.05, 0) is 35.9 Å². The van der Waals surface area contributed by atoms with Crippen LogP contribution >= 0.6 is 0 Å². The first kappa shape index (κ1) is 16.6. The summed E-state index contributed by atoms with van der Waals surface area (Å²) in [5, 5.41) is 2.96. The van der Waals surface area contributed by atoms with Crippen LogP contribution in [0.15, 0.2) is 42.5 Å². The summed E-state index contributed by atoms with van der Waals surface area (Å²) in [5.74, 6) is 0.699. The maximum atomic E-state index is 12.1. The Kier molecular flexibility index (Phi) is 5.03. The highest BCUT2D eigenvalue weighted by Crippen LogP contribution is 2.25. The van der Waals surface area contributed by atoms with E-state index in [0.717, 1.165) is 17.7 Å². The van der Waals surface area contributed by atoms with Crippen molar-refractivity contribution in [1.82, 2.24) is 10.9 Å². The lowest BCUT2D eigenvalue weighted by Crippen LogP contribution is -2.44. The fourth-order valence-electron chi connectivity index (χ4n) is 2.54. The molecule has 1 heterocycles. The second-order valence-electron chi connectivity index (χ2n) is 5.48. The summed E-state index contributed by atoms with van der Waals surface area (Å²) >= 11 is 0. The van der Waals surface area contributed by atoms with Crippen molar-refractivity contribution in [3.05, 3.63) is 53.6 Å². The Morgan fingerprint density at radius 1 is 1.16 bits per heavy atom. The molecule has 0 bridgehead atoms. The van der Waals surface area contributed by atoms with E-state index in [1.54, 1.807) is 37.4 Å². The van der Waals surface area contributed by atoms with Crippen LogP contribution in [0.25, 0.3) is 0 Å². The number of rotatable bonds is 5. The van der Waals surface area contributed by atoms with Gasteiger partial charge in [0.1, 0.15) is 11.5 Å². The fraction of sp³-hybridized carbons (Fsp3) is 0.222. The van der Waals surface area contributed by atoms with E-state index in [4.69, 9.17) is 9.47 Å². The summed E-state index contributed by atoms with van der Waals surface area (Å²) in [4.78, 5) is 24.0. The normalized spacial score (nSPS) is 11.9. The molecule has 0 saturated heterocycles. The van der Waals surface area contributed by atoms with Crippen LogP contribution in [0.4, 0.5) is 5.69 Å². The van der Waals surface area contributed by atoms with Gasteiger partial charge in [-0.1, -0.05) is 12.1 Å². The molecule has 0 radical (unpaired) electrons. The minimum absolute atomic E-state index is 0.00131. The van der Waals surface area contributed by atoms with Crippen molar-refractivity contribution >= 4 is 17.5 Å². The van der Waals surface area contributed by atoms with Gasteiger partial charge in [0, 0.05) is 12.0 Å². The number of benzene rings is 2. The molecule has 0 fully saturated rings. The van der Waals surface area contributed by atoms with Gasteiger partial charge in [-0.15, -0.1) is 0 Å². The second-order valence-corrected chi connectivity index (χ2v) is 5.48. The number of nitrogens with one attached hydrogen (secondary N) is 3. The molecule has 2 amide bonds. The van der Waals surface area contributed by atoms with Crippen LogP contribution in [-0.4, -0.2) is 32.1 Å². The molecule has 3 rings (SSSR count). The predicted molar refractivity (Wildman–Crippen MR) is 92.7 cm³/mol. The lowest BCUT2D eigenvalue weighted by Gasteiger charge is -2.11. The quantitative estimate of drug-likeness (QED) is 0.718. The second kappa shape index (κ2) is 7.57. The largest absolute Gasteiger partial charge is 0.495 e. The van der Waals surface area contributed by atoms with E-state index in [1.165, 1.54) is 0 Å². The van der Waals surface area contributed by atoms with E-state index in [-0.39, 0.29) is 18.4 Å². The minimum atomic E-state index is -0.375. The molecular formula is C18H19N3O4. The molecule has 0 unspecified atom stereocenters. The number of hydrogen-bond acceptors (Lipinski definition) is 5. The van der Waals surface area contributed by atoms with Crippen LogP contribution in [0.1, 0.15) is 15.9 Å². The Hall–Kier alpha value is -3.22. The summed E-state index contributed by atoms with van der Waals surface area (Å²) < 4.78 is 10.6. The zero-order chi connectivity index (χ0) is 17.6. The summed E-state index contributed by atoms with van der Waals surface area (Å²) in [6.45, 7) is 0.629. The first-order valence-electron chi connectivity index (χ1n) is 7.89. The third-order valence-corrected chi connectivity index (χ3v) is 3.81. The highest BCUT2D eigenvalue weighted by molar-refractivity contribution is 5.96. The van der Waals surface area contributed by atoms with Gasteiger partial charge >= 0.3 is 0 Å². The molecule has 130 valence electrons. The Balaban J connectivity index is 1.49. The third kappa shape index (κ3) is 4.00. The van der Waals surface area contributed by atoms with Crippen molar-refractivity contribution in [1.29, 1.82) is 0 Å². The summed E-state index contributed by atoms with van der Waals surface area (Å²) in [6.07, 6.45) is 0.783. The number of hydrogen-bond donors (Lipinski definition) is 3. The van der Waals surface area contributed by atoms with Crippen molar-refractivity contribution < 1.29 is 19.1 Å². The zero-order valence-corrected chi connectivity index (χ0v) is 13.8. The number of carbonyl (C=O) groups is 2. The van der Waals surface area contributed by atoms with Crippen molar-refractivity contribution in [2.24, 2.45) is 0 Å². The lowest BCUT2D eigenvalue weighted by molar-refractivity contribution is -0.120. The van der Waals surface area contributed by atoms with E-state index in [9.17, 15) is 9.59 Å². The molecule has 0 aromatic heterocycles. The number of carbonyl (C=O) groups excluding carboxylic acids is 2. The van der Waals surface area contributed by atoms with E-state index in [0.29, 0.717) is 23.6 Å². The molecule has 7 heteroatoms. The maximum Gasteiger partial charge on any atom is 0.269 e. The Morgan fingerprint density at radius 3 is 2.84 bits per heavy atom. The van der Waals surface area contributed by atoms with Crippen molar-refractivity contribution in [2.75, 3.05) is 25.6 Å². The van der Waals surface area contributed by atoms with Crippen LogP contribution in [0, 0.1) is 0 Å². The highest BCUT2D eigenvalue weighted by Gasteiger charge is 2.15. The van der Waals surface area contributed by atoms with Gasteiger partial charge in [0.25, 0.3) is 11.8 Å². The average molecular weight is 341 g/mol. The number of fused-ring (bicyclic) bond motifs is 1. The predicted octanol–water partition coefficient (Wildman–Crippen LogP) is 1.50. The van der Waals surface area contributed by atoms with Gasteiger partial charge in [0.15, 0.2) is 0 Å². The third-order valence-electron chi connectivity index (χ3n) is 3.81. The standard InChI is InChI=1S/C18H19N3O4/c1-24-16-5-3-2-4-14(16)19-11-17(22)20-21-18(23)13-6-7-15-12(10-13)8-9-25-15/h2-7,10,19H,8-9,11H2,1H3,(H,20,22)(H,21,23). The molecule has 0 saturated carbocycles. The summed E-state index contributed by atoms with van der Waals surface area (Å²) in [6, 6.07) is 12.5. The van der Waals surface area contributed by atoms with Crippen molar-refractivity contribution in [2.45, 2.75) is 6.42 Å². The number of anilines is 1. The monoisotopic (exact) mass is 341 g/mol. The van der Waals surface area contributed by atoms with E-state index in [1.807, 2.05) is 12.1 Å². The van der Waals surface area contributed by atoms with E-state index >= 15 is 0 Å². The van der Waals surface area contributed by atoms with Gasteiger partial charge in [-0.3, -0.25) is 20.4 Å². The van der Waals surface area contributed by atoms with Gasteiger partial charge in [0.05, 0.1) is 25.9 Å². The number of methoxy groups -OCH3 is 1. The van der Waals surface area contributed by atoms with Gasteiger partial charge in [0.2, 0.25) is 0 Å². The molecule has 7 nitrogen and oxygen atoms in total. The van der Waals surface area contributed by atoms with Crippen molar-refractivity contribution in [3.63, 3.8) is 0 Å². The summed E-state index contributed by atoms with van der Waals surface area (Å²) in [7, 11) is 1.56. The number of hydrazine groups is 1. The molecule has 1 aliphatic rings. The highest BCUT2D eigenvalue weighted by atomic mass is 16.5. The average Bonchev–Trinajstić information content (AvgIpc) is 3.12. The van der Waals surface area contributed by atoms with Crippen molar-refractivity contribution in [3.8, 4) is 11.5 Å². The molecular weight excluding hydrogens is 322 g/mol. The number of para-hydroxylation sites is 2. The van der Waals surface area contributed by atoms with Crippen LogP contribution in [0.2, 0.25) is 0 Å². The van der Waals surface area contributed by atoms with E-state index in [2.05, 4.69) is 16.2 Å². The van der Waals surface area contributed by atoms with Crippen LogP contribution in [-0.2, 0) is 11.2 Å². The zero-order valence-electron chi connectivity index (χ0n) is 13.8. The topological polar surface area (TPSA) is 88.7 Å². The maximum absolute atomic E-state index is 12.1. The first-order chi connectivity index (χ1) is 12.2. The molecule has 0 atom stereocenters. The summed E-state index contributed by atoms with van der Waals surface area (Å²) in [5.41, 5.74) is 6.96. The Morgan fingerprint density at radius 2 is 2.00 bits per heavy atom. The van der Waals surface area contributed by atoms with Crippen LogP contribution < -0.4 is 25.6 Å². The van der Waals surface area contributed by atoms with Crippen LogP contribution in [0.3, 0.4) is 0 Å². The lowest BCUT2D eigenvalue weighted by atomic mass is 10.1. The molecule has 2 aromatic carbocycles. The fourth-order valence-corrected chi connectivity index (χ4v) is 2.54. The van der Waals surface area contributed by atoms with Crippen LogP contribution in [0.5, 0.6) is 11.5 Å². The Bertz CT molecular complexity index is 792. The molecule has 3 N–H and O–H groups in total. The van der Waals surface area contributed by atoms with Gasteiger partial charge < -0.3 is 14.8 Å². The molecule has 25 heavy (non-hydrogen) atoms.